The molecule has 0 radical (unpaired) electrons. The van der Waals surface area contributed by atoms with Crippen LogP contribution in [0.25, 0.3) is 0 Å². The fraction of sp³-hybridized carbons (Fsp3) is 0.174. The second-order valence-corrected chi connectivity index (χ2v) is 7.80. The van der Waals surface area contributed by atoms with Crippen molar-refractivity contribution in [2.75, 3.05) is 26.0 Å². The van der Waals surface area contributed by atoms with Gasteiger partial charge in [0.1, 0.15) is 18.0 Å². The first-order chi connectivity index (χ1) is 13.4. The third kappa shape index (κ3) is 7.42. The SMILES string of the molecule is C[N+](C)(CC(=O)Nc1ccc(Oc2ccc(Cl)cc2)cc1)Cc1ccccc1.[Cl-]. The Labute approximate surface area is 183 Å². The van der Waals surface area contributed by atoms with Gasteiger partial charge in [0.05, 0.1) is 14.1 Å². The van der Waals surface area contributed by atoms with Crippen molar-refractivity contribution in [3.8, 4) is 11.5 Å². The summed E-state index contributed by atoms with van der Waals surface area (Å²) < 4.78 is 6.34. The van der Waals surface area contributed by atoms with E-state index in [9.17, 15) is 4.79 Å². The van der Waals surface area contributed by atoms with E-state index in [-0.39, 0.29) is 18.3 Å². The van der Waals surface area contributed by atoms with Gasteiger partial charge in [-0.05, 0) is 48.5 Å². The summed E-state index contributed by atoms with van der Waals surface area (Å²) in [5.41, 5.74) is 1.96. The molecule has 1 amide bonds. The summed E-state index contributed by atoms with van der Waals surface area (Å²) in [4.78, 5) is 12.5. The molecule has 0 aromatic heterocycles. The zero-order valence-electron chi connectivity index (χ0n) is 16.4. The molecule has 3 aromatic rings. The molecule has 0 heterocycles. The first-order valence-electron chi connectivity index (χ1n) is 9.09. The summed E-state index contributed by atoms with van der Waals surface area (Å²) in [5, 5.41) is 3.62. The second kappa shape index (κ2) is 10.3. The van der Waals surface area contributed by atoms with Crippen molar-refractivity contribution in [3.05, 3.63) is 89.4 Å². The Morgan fingerprint density at radius 1 is 0.897 bits per heavy atom. The number of ether oxygens (including phenoxy) is 1. The summed E-state index contributed by atoms with van der Waals surface area (Å²) in [6.45, 7) is 1.18. The summed E-state index contributed by atoms with van der Waals surface area (Å²) in [7, 11) is 4.10. The van der Waals surface area contributed by atoms with Crippen LogP contribution in [0.4, 0.5) is 5.69 Å². The van der Waals surface area contributed by atoms with E-state index in [0.29, 0.717) is 27.5 Å². The lowest BCUT2D eigenvalue weighted by Gasteiger charge is -2.29. The third-order valence-electron chi connectivity index (χ3n) is 4.21. The Kier molecular flexibility index (Phi) is 8.09. The molecule has 0 saturated heterocycles. The van der Waals surface area contributed by atoms with E-state index in [0.717, 1.165) is 12.2 Å². The van der Waals surface area contributed by atoms with Gasteiger partial charge in [0.2, 0.25) is 0 Å². The normalized spacial score (nSPS) is 10.7. The minimum atomic E-state index is -0.0210. The van der Waals surface area contributed by atoms with Crippen molar-refractivity contribution < 1.29 is 26.4 Å². The molecule has 0 atom stereocenters. The van der Waals surface area contributed by atoms with Crippen molar-refractivity contribution >= 4 is 23.2 Å². The summed E-state index contributed by atoms with van der Waals surface area (Å²) in [5.74, 6) is 1.38. The van der Waals surface area contributed by atoms with Crippen molar-refractivity contribution in [2.24, 2.45) is 0 Å². The number of carbonyl (C=O) groups excluding carboxylic acids is 1. The number of halogens is 2. The van der Waals surface area contributed by atoms with Crippen LogP contribution in [0.15, 0.2) is 78.9 Å². The minimum absolute atomic E-state index is 0. The lowest BCUT2D eigenvalue weighted by Crippen LogP contribution is -3.00. The molecular formula is C23H24Cl2N2O2. The summed E-state index contributed by atoms with van der Waals surface area (Å²) in [6, 6.07) is 24.7. The molecule has 3 aromatic carbocycles. The number of anilines is 1. The molecule has 0 unspecified atom stereocenters. The number of hydrogen-bond acceptors (Lipinski definition) is 2. The number of nitrogens with one attached hydrogen (secondary N) is 1. The van der Waals surface area contributed by atoms with Gasteiger partial charge in [0, 0.05) is 16.3 Å². The van der Waals surface area contributed by atoms with Crippen LogP contribution in [-0.2, 0) is 11.3 Å². The maximum absolute atomic E-state index is 12.5. The maximum Gasteiger partial charge on any atom is 0.279 e. The predicted octanol–water partition coefficient (Wildman–Crippen LogP) is 2.35. The lowest BCUT2D eigenvalue weighted by molar-refractivity contribution is -0.895. The number of amides is 1. The zero-order chi connectivity index (χ0) is 20.0. The van der Waals surface area contributed by atoms with E-state index in [1.165, 1.54) is 5.56 Å². The van der Waals surface area contributed by atoms with Gasteiger partial charge in [-0.2, -0.15) is 0 Å². The zero-order valence-corrected chi connectivity index (χ0v) is 18.0. The topological polar surface area (TPSA) is 38.3 Å². The molecule has 3 rings (SSSR count). The second-order valence-electron chi connectivity index (χ2n) is 7.37. The number of quaternary nitrogens is 1. The number of carbonyl (C=O) groups is 1. The molecule has 0 aliphatic rings. The Morgan fingerprint density at radius 2 is 1.45 bits per heavy atom. The molecule has 6 heteroatoms. The molecule has 152 valence electrons. The van der Waals surface area contributed by atoms with Crippen LogP contribution < -0.4 is 22.5 Å². The van der Waals surface area contributed by atoms with Crippen molar-refractivity contribution in [1.29, 1.82) is 0 Å². The van der Waals surface area contributed by atoms with E-state index in [4.69, 9.17) is 16.3 Å². The fourth-order valence-corrected chi connectivity index (χ4v) is 3.09. The van der Waals surface area contributed by atoms with Crippen molar-refractivity contribution in [3.63, 3.8) is 0 Å². The van der Waals surface area contributed by atoms with Crippen LogP contribution in [0, 0.1) is 0 Å². The van der Waals surface area contributed by atoms with E-state index in [1.807, 2.05) is 54.6 Å². The molecule has 0 spiro atoms. The Hall–Kier alpha value is -2.53. The van der Waals surface area contributed by atoms with Crippen LogP contribution >= 0.6 is 11.6 Å². The van der Waals surface area contributed by atoms with Gasteiger partial charge in [-0.15, -0.1) is 0 Å². The molecule has 0 bridgehead atoms. The van der Waals surface area contributed by atoms with Gasteiger partial charge >= 0.3 is 0 Å². The number of hydrogen-bond donors (Lipinski definition) is 1. The number of benzene rings is 3. The van der Waals surface area contributed by atoms with Crippen molar-refractivity contribution in [1.82, 2.24) is 0 Å². The molecule has 0 fully saturated rings. The lowest BCUT2D eigenvalue weighted by atomic mass is 10.2. The van der Waals surface area contributed by atoms with Crippen LogP contribution in [0.1, 0.15) is 5.56 Å². The molecule has 0 aliphatic heterocycles. The highest BCUT2D eigenvalue weighted by Gasteiger charge is 2.20. The van der Waals surface area contributed by atoms with Gasteiger partial charge in [-0.3, -0.25) is 4.79 Å². The van der Waals surface area contributed by atoms with Crippen LogP contribution in [0.5, 0.6) is 11.5 Å². The summed E-state index contributed by atoms with van der Waals surface area (Å²) in [6.07, 6.45) is 0. The molecular weight excluding hydrogens is 407 g/mol. The molecule has 1 N–H and O–H groups in total. The maximum atomic E-state index is 12.5. The van der Waals surface area contributed by atoms with E-state index >= 15 is 0 Å². The van der Waals surface area contributed by atoms with Crippen LogP contribution in [0.2, 0.25) is 5.02 Å². The number of nitrogens with zero attached hydrogens (tertiary/aromatic N) is 1. The average molecular weight is 431 g/mol. The van der Waals surface area contributed by atoms with E-state index in [2.05, 4.69) is 31.5 Å². The number of rotatable bonds is 7. The Morgan fingerprint density at radius 3 is 2.03 bits per heavy atom. The van der Waals surface area contributed by atoms with Gasteiger partial charge in [-0.25, -0.2) is 0 Å². The fourth-order valence-electron chi connectivity index (χ4n) is 2.97. The molecule has 0 saturated carbocycles. The highest BCUT2D eigenvalue weighted by atomic mass is 35.5. The smallest absolute Gasteiger partial charge is 0.279 e. The predicted molar refractivity (Wildman–Crippen MR) is 114 cm³/mol. The van der Waals surface area contributed by atoms with Gasteiger partial charge in [0.15, 0.2) is 6.54 Å². The highest BCUT2D eigenvalue weighted by Crippen LogP contribution is 2.24. The highest BCUT2D eigenvalue weighted by molar-refractivity contribution is 6.30. The van der Waals surface area contributed by atoms with Crippen LogP contribution in [-0.4, -0.2) is 31.0 Å². The van der Waals surface area contributed by atoms with Crippen molar-refractivity contribution in [2.45, 2.75) is 6.54 Å². The van der Waals surface area contributed by atoms with Gasteiger partial charge in [0.25, 0.3) is 5.91 Å². The minimum Gasteiger partial charge on any atom is -1.00 e. The van der Waals surface area contributed by atoms with Crippen LogP contribution in [0.3, 0.4) is 0 Å². The van der Waals surface area contributed by atoms with Gasteiger partial charge in [-0.1, -0.05) is 41.9 Å². The number of likely N-dealkylation sites (N-methyl/N-ethyl adjacent to an activating group) is 1. The largest absolute Gasteiger partial charge is 1.00 e. The first-order valence-corrected chi connectivity index (χ1v) is 9.47. The van der Waals surface area contributed by atoms with E-state index < -0.39 is 0 Å². The standard InChI is InChI=1S/C23H23ClN2O2.ClH/c1-26(2,16-18-6-4-3-5-7-18)17-23(27)25-20-10-14-22(15-11-20)28-21-12-8-19(24)9-13-21;/h3-15H,16-17H2,1-2H3;1H. The average Bonchev–Trinajstić information content (AvgIpc) is 2.65. The Bertz CT molecular complexity index is 912. The molecule has 4 nitrogen and oxygen atoms in total. The quantitative estimate of drug-likeness (QED) is 0.584. The molecule has 29 heavy (non-hydrogen) atoms. The molecule has 0 aliphatic carbocycles. The first kappa shape index (κ1) is 22.8. The van der Waals surface area contributed by atoms with Gasteiger partial charge < -0.3 is 26.9 Å². The monoisotopic (exact) mass is 430 g/mol. The summed E-state index contributed by atoms with van der Waals surface area (Å²) >= 11 is 5.88. The Balaban J connectivity index is 0.00000300. The van der Waals surface area contributed by atoms with E-state index in [1.54, 1.807) is 12.1 Å². The third-order valence-corrected chi connectivity index (χ3v) is 4.46.